The highest BCUT2D eigenvalue weighted by molar-refractivity contribution is 5.85. The van der Waals surface area contributed by atoms with Crippen LogP contribution in [0, 0.1) is 20.8 Å². The highest BCUT2D eigenvalue weighted by Gasteiger charge is 2.01. The van der Waals surface area contributed by atoms with Crippen molar-refractivity contribution in [2.24, 2.45) is 5.10 Å². The summed E-state index contributed by atoms with van der Waals surface area (Å²) >= 11 is 0. The second-order valence-corrected chi connectivity index (χ2v) is 5.31. The molecule has 2 aromatic rings. The van der Waals surface area contributed by atoms with Gasteiger partial charge in [-0.15, -0.1) is 0 Å². The van der Waals surface area contributed by atoms with Gasteiger partial charge < -0.3 is 5.32 Å². The van der Waals surface area contributed by atoms with Crippen LogP contribution < -0.4 is 10.7 Å². The van der Waals surface area contributed by atoms with Gasteiger partial charge in [0, 0.05) is 5.69 Å². The molecule has 0 radical (unpaired) electrons. The predicted molar refractivity (Wildman–Crippen MR) is 91.3 cm³/mol. The zero-order chi connectivity index (χ0) is 15.9. The van der Waals surface area contributed by atoms with E-state index >= 15 is 0 Å². The van der Waals surface area contributed by atoms with Crippen LogP contribution >= 0.6 is 0 Å². The van der Waals surface area contributed by atoms with Gasteiger partial charge in [0.05, 0.1) is 12.8 Å². The van der Waals surface area contributed by atoms with Crippen molar-refractivity contribution in [3.63, 3.8) is 0 Å². The van der Waals surface area contributed by atoms with E-state index in [1.165, 1.54) is 11.1 Å². The number of carbonyl (C=O) groups is 1. The third-order valence-electron chi connectivity index (χ3n) is 3.50. The first kappa shape index (κ1) is 15.8. The molecule has 4 heteroatoms. The number of anilines is 1. The molecule has 0 heterocycles. The number of carbonyl (C=O) groups excluding carboxylic acids is 1. The third-order valence-corrected chi connectivity index (χ3v) is 3.50. The van der Waals surface area contributed by atoms with Gasteiger partial charge in [-0.2, -0.15) is 5.10 Å². The largest absolute Gasteiger partial charge is 0.376 e. The number of hydrazone groups is 1. The summed E-state index contributed by atoms with van der Waals surface area (Å²) in [5.41, 5.74) is 8.06. The average molecular weight is 295 g/mol. The van der Waals surface area contributed by atoms with E-state index in [1.807, 2.05) is 37.3 Å². The number of hydrogen-bond donors (Lipinski definition) is 2. The molecule has 22 heavy (non-hydrogen) atoms. The number of para-hydroxylation sites is 1. The van der Waals surface area contributed by atoms with Crippen LogP contribution in [0.1, 0.15) is 22.3 Å². The van der Waals surface area contributed by atoms with Crippen molar-refractivity contribution in [3.8, 4) is 0 Å². The summed E-state index contributed by atoms with van der Waals surface area (Å²) in [5.74, 6) is -0.179. The molecule has 0 unspecified atom stereocenters. The Hall–Kier alpha value is -2.62. The molecule has 1 amide bonds. The van der Waals surface area contributed by atoms with E-state index in [0.29, 0.717) is 0 Å². The zero-order valence-corrected chi connectivity index (χ0v) is 13.2. The van der Waals surface area contributed by atoms with Crippen molar-refractivity contribution < 1.29 is 4.79 Å². The second kappa shape index (κ2) is 7.41. The summed E-state index contributed by atoms with van der Waals surface area (Å²) in [5, 5.41) is 7.06. The van der Waals surface area contributed by atoms with Gasteiger partial charge in [0.1, 0.15) is 0 Å². The first-order valence-corrected chi connectivity index (χ1v) is 7.25. The maximum atomic E-state index is 11.7. The van der Waals surface area contributed by atoms with Crippen LogP contribution in [-0.4, -0.2) is 18.7 Å². The molecule has 0 saturated heterocycles. The summed E-state index contributed by atoms with van der Waals surface area (Å²) in [7, 11) is 0. The highest BCUT2D eigenvalue weighted by Crippen LogP contribution is 2.13. The number of amides is 1. The number of nitrogens with zero attached hydrogens (tertiary/aromatic N) is 1. The summed E-state index contributed by atoms with van der Waals surface area (Å²) in [6, 6.07) is 13.8. The van der Waals surface area contributed by atoms with Gasteiger partial charge in [0.15, 0.2) is 0 Å². The third kappa shape index (κ3) is 4.45. The Labute approximate surface area is 131 Å². The minimum atomic E-state index is -0.179. The summed E-state index contributed by atoms with van der Waals surface area (Å²) in [4.78, 5) is 11.7. The lowest BCUT2D eigenvalue weighted by atomic mass is 10.0. The minimum Gasteiger partial charge on any atom is -0.376 e. The van der Waals surface area contributed by atoms with E-state index in [1.54, 1.807) is 6.21 Å². The van der Waals surface area contributed by atoms with Gasteiger partial charge in [-0.05, 0) is 61.2 Å². The summed E-state index contributed by atoms with van der Waals surface area (Å²) < 4.78 is 0. The normalized spacial score (nSPS) is 10.7. The Morgan fingerprint density at radius 3 is 2.45 bits per heavy atom. The van der Waals surface area contributed by atoms with Gasteiger partial charge in [-0.1, -0.05) is 24.3 Å². The molecular formula is C18H21N3O. The van der Waals surface area contributed by atoms with Crippen LogP contribution in [0.2, 0.25) is 0 Å². The molecule has 0 aliphatic carbocycles. The van der Waals surface area contributed by atoms with E-state index in [0.717, 1.165) is 16.8 Å². The number of nitrogens with one attached hydrogen (secondary N) is 2. The van der Waals surface area contributed by atoms with Crippen molar-refractivity contribution in [2.75, 3.05) is 11.9 Å². The molecule has 114 valence electrons. The molecule has 0 spiro atoms. The van der Waals surface area contributed by atoms with Crippen LogP contribution in [-0.2, 0) is 4.79 Å². The first-order chi connectivity index (χ1) is 10.6. The summed E-state index contributed by atoms with van der Waals surface area (Å²) in [6.07, 6.45) is 1.68. The smallest absolute Gasteiger partial charge is 0.259 e. The maximum absolute atomic E-state index is 11.7. The molecule has 2 aromatic carbocycles. The van der Waals surface area contributed by atoms with Crippen LogP contribution in [0.4, 0.5) is 5.69 Å². The van der Waals surface area contributed by atoms with Crippen molar-refractivity contribution >= 4 is 17.8 Å². The summed E-state index contributed by atoms with van der Waals surface area (Å²) in [6.45, 7) is 6.37. The molecule has 0 aliphatic rings. The number of hydrogen-bond acceptors (Lipinski definition) is 3. The zero-order valence-electron chi connectivity index (χ0n) is 13.2. The Morgan fingerprint density at radius 2 is 1.73 bits per heavy atom. The van der Waals surface area contributed by atoms with E-state index in [4.69, 9.17) is 0 Å². The van der Waals surface area contributed by atoms with Crippen LogP contribution in [0.25, 0.3) is 0 Å². The topological polar surface area (TPSA) is 53.5 Å². The van der Waals surface area contributed by atoms with E-state index < -0.39 is 0 Å². The minimum absolute atomic E-state index is 0.179. The molecule has 0 aliphatic heterocycles. The lowest BCUT2D eigenvalue weighted by molar-refractivity contribution is -0.119. The standard InChI is InChI=1S/C18H21N3O/c1-13-9-15(3)16(10-14(13)2)11-20-21-18(22)12-19-17-7-5-4-6-8-17/h4-11,19H,12H2,1-3H3,(H,21,22)/b20-11-. The van der Waals surface area contributed by atoms with Gasteiger partial charge in [0.2, 0.25) is 0 Å². The molecular weight excluding hydrogens is 274 g/mol. The van der Waals surface area contributed by atoms with Crippen LogP contribution in [0.5, 0.6) is 0 Å². The molecule has 0 bridgehead atoms. The Morgan fingerprint density at radius 1 is 1.05 bits per heavy atom. The molecule has 0 aromatic heterocycles. The second-order valence-electron chi connectivity index (χ2n) is 5.31. The Balaban J connectivity index is 1.87. The molecule has 2 N–H and O–H groups in total. The van der Waals surface area contributed by atoms with Crippen molar-refractivity contribution in [2.45, 2.75) is 20.8 Å². The molecule has 0 fully saturated rings. The number of rotatable bonds is 5. The van der Waals surface area contributed by atoms with Gasteiger partial charge >= 0.3 is 0 Å². The fourth-order valence-electron chi connectivity index (χ4n) is 2.07. The van der Waals surface area contributed by atoms with Crippen molar-refractivity contribution in [1.82, 2.24) is 5.43 Å². The van der Waals surface area contributed by atoms with E-state index in [9.17, 15) is 4.79 Å². The maximum Gasteiger partial charge on any atom is 0.259 e. The van der Waals surface area contributed by atoms with Crippen molar-refractivity contribution in [3.05, 3.63) is 64.7 Å². The molecule has 2 rings (SSSR count). The fourth-order valence-corrected chi connectivity index (χ4v) is 2.07. The predicted octanol–water partition coefficient (Wildman–Crippen LogP) is 3.17. The lowest BCUT2D eigenvalue weighted by Crippen LogP contribution is -2.25. The first-order valence-electron chi connectivity index (χ1n) is 7.25. The van der Waals surface area contributed by atoms with Gasteiger partial charge in [-0.3, -0.25) is 4.79 Å². The molecule has 0 atom stereocenters. The van der Waals surface area contributed by atoms with Crippen LogP contribution in [0.15, 0.2) is 47.6 Å². The monoisotopic (exact) mass is 295 g/mol. The van der Waals surface area contributed by atoms with E-state index in [-0.39, 0.29) is 12.5 Å². The van der Waals surface area contributed by atoms with Gasteiger partial charge in [-0.25, -0.2) is 5.43 Å². The number of benzene rings is 2. The quantitative estimate of drug-likeness (QED) is 0.657. The van der Waals surface area contributed by atoms with E-state index in [2.05, 4.69) is 41.8 Å². The fraction of sp³-hybridized carbons (Fsp3) is 0.222. The SMILES string of the molecule is Cc1cc(C)c(/C=N\NC(=O)CNc2ccccc2)cc1C. The molecule has 0 saturated carbocycles. The molecule has 4 nitrogen and oxygen atoms in total. The van der Waals surface area contributed by atoms with Gasteiger partial charge in [0.25, 0.3) is 5.91 Å². The lowest BCUT2D eigenvalue weighted by Gasteiger charge is -2.06. The number of aryl methyl sites for hydroxylation is 3. The highest BCUT2D eigenvalue weighted by atomic mass is 16.2. The Kier molecular flexibility index (Phi) is 5.31. The Bertz CT molecular complexity index is 678. The van der Waals surface area contributed by atoms with Crippen LogP contribution in [0.3, 0.4) is 0 Å². The van der Waals surface area contributed by atoms with Crippen molar-refractivity contribution in [1.29, 1.82) is 0 Å². The average Bonchev–Trinajstić information content (AvgIpc) is 2.51.